The number of amides is 1. The molecule has 3 nitrogen and oxygen atoms in total. The molecule has 1 aromatic heterocycles. The van der Waals surface area contributed by atoms with Crippen molar-refractivity contribution >= 4 is 40.4 Å². The molecule has 1 atom stereocenters. The molecule has 26 heavy (non-hydrogen) atoms. The van der Waals surface area contributed by atoms with E-state index in [-0.39, 0.29) is 11.9 Å². The lowest BCUT2D eigenvalue weighted by molar-refractivity contribution is -0.676. The quantitative estimate of drug-likeness (QED) is 0.612. The molecule has 3 rings (SSSR count). The van der Waals surface area contributed by atoms with Crippen molar-refractivity contribution in [3.05, 3.63) is 92.1 Å². The molecule has 1 heterocycles. The maximum absolute atomic E-state index is 12.3. The van der Waals surface area contributed by atoms with E-state index in [1.54, 1.807) is 23.5 Å². The number of nitrogens with one attached hydrogen (secondary N) is 1. The molecule has 2 aromatic carbocycles. The number of halogens is 2. The maximum atomic E-state index is 12.3. The van der Waals surface area contributed by atoms with Gasteiger partial charge in [0.15, 0.2) is 6.54 Å². The van der Waals surface area contributed by atoms with Crippen molar-refractivity contribution in [3.8, 4) is 0 Å². The van der Waals surface area contributed by atoms with Crippen molar-refractivity contribution in [1.29, 1.82) is 0 Å². The van der Waals surface area contributed by atoms with Crippen LogP contribution in [0.3, 0.4) is 0 Å². The summed E-state index contributed by atoms with van der Waals surface area (Å²) >= 11 is 13.7. The summed E-state index contributed by atoms with van der Waals surface area (Å²) in [6.07, 6.45) is 0. The molecule has 0 saturated carbocycles. The Morgan fingerprint density at radius 3 is 2.58 bits per heavy atom. The first kappa shape index (κ1) is 18.9. The Bertz CT molecular complexity index is 854. The van der Waals surface area contributed by atoms with Crippen molar-refractivity contribution in [2.24, 2.45) is 0 Å². The maximum Gasteiger partial charge on any atom is 0.275 e. The molecule has 3 aromatic rings. The number of hydrogen-bond acceptors (Lipinski definition) is 2. The van der Waals surface area contributed by atoms with Gasteiger partial charge in [-0.25, -0.2) is 0 Å². The Kier molecular flexibility index (Phi) is 6.69. The zero-order valence-electron chi connectivity index (χ0n) is 14.0. The van der Waals surface area contributed by atoms with Gasteiger partial charge in [-0.1, -0.05) is 65.7 Å². The zero-order valence-corrected chi connectivity index (χ0v) is 16.3. The summed E-state index contributed by atoms with van der Waals surface area (Å²) < 4.78 is 0. The largest absolute Gasteiger partial charge is 0.347 e. The van der Waals surface area contributed by atoms with Crippen molar-refractivity contribution in [3.63, 3.8) is 0 Å². The van der Waals surface area contributed by atoms with Crippen LogP contribution in [0, 0.1) is 0 Å². The Balaban J connectivity index is 1.59. The number of rotatable bonds is 7. The summed E-state index contributed by atoms with van der Waals surface area (Å²) in [6, 6.07) is 19.7. The van der Waals surface area contributed by atoms with Gasteiger partial charge in [-0.2, -0.15) is 0 Å². The van der Waals surface area contributed by atoms with E-state index in [2.05, 4.69) is 34.2 Å². The average molecular weight is 406 g/mol. The van der Waals surface area contributed by atoms with E-state index in [0.717, 1.165) is 5.56 Å². The van der Waals surface area contributed by atoms with Crippen LogP contribution in [0.4, 0.5) is 0 Å². The predicted octanol–water partition coefficient (Wildman–Crippen LogP) is 4.02. The van der Waals surface area contributed by atoms with E-state index in [4.69, 9.17) is 23.2 Å². The van der Waals surface area contributed by atoms with Gasteiger partial charge in [0, 0.05) is 22.2 Å². The van der Waals surface area contributed by atoms with E-state index >= 15 is 0 Å². The highest BCUT2D eigenvalue weighted by Crippen LogP contribution is 2.22. The van der Waals surface area contributed by atoms with Crippen LogP contribution in [0.5, 0.6) is 0 Å². The van der Waals surface area contributed by atoms with Crippen LogP contribution in [0.1, 0.15) is 22.0 Å². The topological polar surface area (TPSA) is 45.7 Å². The molecule has 0 spiro atoms. The molecule has 0 aliphatic rings. The number of nitrogens with two attached hydrogens (primary N) is 1. The van der Waals surface area contributed by atoms with E-state index < -0.39 is 0 Å². The van der Waals surface area contributed by atoms with E-state index in [9.17, 15) is 4.79 Å². The summed E-state index contributed by atoms with van der Waals surface area (Å²) in [5, 5.41) is 8.17. The van der Waals surface area contributed by atoms with Crippen LogP contribution in [0.2, 0.25) is 10.0 Å². The molecule has 0 fully saturated rings. The van der Waals surface area contributed by atoms with Crippen LogP contribution >= 0.6 is 34.5 Å². The summed E-state index contributed by atoms with van der Waals surface area (Å²) in [4.78, 5) is 13.5. The summed E-state index contributed by atoms with van der Waals surface area (Å²) in [6.45, 7) is 0.723. The minimum Gasteiger partial charge on any atom is -0.347 e. The van der Waals surface area contributed by atoms with Gasteiger partial charge in [0.05, 0.1) is 4.88 Å². The minimum atomic E-state index is -0.0338. The Hall–Kier alpha value is -1.85. The second-order valence-corrected chi connectivity index (χ2v) is 7.68. The minimum absolute atomic E-state index is 0.0338. The fraction of sp³-hybridized carbons (Fsp3) is 0.150. The number of quaternary nitrogens is 1. The highest BCUT2D eigenvalue weighted by atomic mass is 35.5. The van der Waals surface area contributed by atoms with Gasteiger partial charge in [0.25, 0.3) is 5.91 Å². The lowest BCUT2D eigenvalue weighted by Gasteiger charge is -2.15. The SMILES string of the molecule is O=C(C[NH2+][C@@H](c1ccccc1)c1cccs1)NCc1ccc(Cl)cc1Cl. The van der Waals surface area contributed by atoms with Gasteiger partial charge in [-0.3, -0.25) is 4.79 Å². The molecule has 0 saturated heterocycles. The summed E-state index contributed by atoms with van der Waals surface area (Å²) in [5.41, 5.74) is 2.03. The first-order valence-corrected chi connectivity index (χ1v) is 9.89. The van der Waals surface area contributed by atoms with Gasteiger partial charge in [-0.05, 0) is 29.1 Å². The smallest absolute Gasteiger partial charge is 0.275 e. The molecule has 0 aliphatic heterocycles. The van der Waals surface area contributed by atoms with Crippen LogP contribution < -0.4 is 10.6 Å². The first-order valence-electron chi connectivity index (χ1n) is 8.26. The summed E-state index contributed by atoms with van der Waals surface area (Å²) in [7, 11) is 0. The van der Waals surface area contributed by atoms with Crippen molar-refractivity contribution < 1.29 is 10.1 Å². The number of thiophene rings is 1. The fourth-order valence-corrected chi connectivity index (χ4v) is 4.03. The molecule has 3 N–H and O–H groups in total. The van der Waals surface area contributed by atoms with Gasteiger partial charge < -0.3 is 10.6 Å². The van der Waals surface area contributed by atoms with Gasteiger partial charge >= 0.3 is 0 Å². The highest BCUT2D eigenvalue weighted by molar-refractivity contribution is 7.10. The molecule has 1 amide bonds. The van der Waals surface area contributed by atoms with Gasteiger partial charge in [0.2, 0.25) is 0 Å². The monoisotopic (exact) mass is 405 g/mol. The number of carbonyl (C=O) groups is 1. The van der Waals surface area contributed by atoms with Crippen molar-refractivity contribution in [2.45, 2.75) is 12.6 Å². The third kappa shape index (κ3) is 5.08. The van der Waals surface area contributed by atoms with Crippen molar-refractivity contribution in [2.75, 3.05) is 6.54 Å². The average Bonchev–Trinajstić information content (AvgIpc) is 3.16. The van der Waals surface area contributed by atoms with Crippen LogP contribution in [0.15, 0.2) is 66.0 Å². The first-order chi connectivity index (χ1) is 12.6. The Morgan fingerprint density at radius 2 is 1.88 bits per heavy atom. The molecular formula is C20H19Cl2N2OS+. The third-order valence-corrected chi connectivity index (χ3v) is 5.58. The number of carbonyl (C=O) groups excluding carboxylic acids is 1. The van der Waals surface area contributed by atoms with Crippen LogP contribution in [0.25, 0.3) is 0 Å². The molecule has 0 unspecified atom stereocenters. The lowest BCUT2D eigenvalue weighted by atomic mass is 10.1. The normalized spacial score (nSPS) is 11.9. The van der Waals surface area contributed by atoms with Gasteiger partial charge in [0.1, 0.15) is 6.04 Å². The predicted molar refractivity (Wildman–Crippen MR) is 108 cm³/mol. The van der Waals surface area contributed by atoms with E-state index in [0.29, 0.717) is 23.1 Å². The zero-order chi connectivity index (χ0) is 18.4. The fourth-order valence-electron chi connectivity index (χ4n) is 2.70. The molecule has 134 valence electrons. The highest BCUT2D eigenvalue weighted by Gasteiger charge is 2.19. The van der Waals surface area contributed by atoms with Crippen molar-refractivity contribution in [1.82, 2.24) is 5.32 Å². The Labute approximate surface area is 167 Å². The Morgan fingerprint density at radius 1 is 1.08 bits per heavy atom. The molecule has 0 bridgehead atoms. The number of hydrogen-bond donors (Lipinski definition) is 2. The number of benzene rings is 2. The second kappa shape index (κ2) is 9.19. The van der Waals surface area contributed by atoms with Crippen LogP contribution in [-0.2, 0) is 11.3 Å². The molecule has 0 radical (unpaired) electrons. The lowest BCUT2D eigenvalue weighted by Crippen LogP contribution is -2.87. The molecular weight excluding hydrogens is 387 g/mol. The molecule has 0 aliphatic carbocycles. The van der Waals surface area contributed by atoms with E-state index in [1.807, 2.05) is 30.3 Å². The standard InChI is InChI=1S/C20H18Cl2N2OS/c21-16-9-8-15(17(22)11-16)12-23-19(25)13-24-20(18-7-4-10-26-18)14-5-2-1-3-6-14/h1-11,20,24H,12-13H2,(H,23,25)/p+1/t20-/m0/s1. The van der Waals surface area contributed by atoms with Crippen LogP contribution in [-0.4, -0.2) is 12.5 Å². The third-order valence-electron chi connectivity index (χ3n) is 4.04. The summed E-state index contributed by atoms with van der Waals surface area (Å²) in [5.74, 6) is -0.0338. The van der Waals surface area contributed by atoms with E-state index in [1.165, 1.54) is 10.4 Å². The van der Waals surface area contributed by atoms with Gasteiger partial charge in [-0.15, -0.1) is 11.3 Å². The second-order valence-electron chi connectivity index (χ2n) is 5.86. The molecule has 6 heteroatoms.